The lowest BCUT2D eigenvalue weighted by atomic mass is 9.76. The average molecular weight is 266 g/mol. The molecule has 0 aliphatic carbocycles. The van der Waals surface area contributed by atoms with Gasteiger partial charge in [0.25, 0.3) is 0 Å². The van der Waals surface area contributed by atoms with Crippen molar-refractivity contribution >= 4 is 5.97 Å². The molecule has 1 unspecified atom stereocenters. The van der Waals surface area contributed by atoms with Crippen LogP contribution in [0.25, 0.3) is 0 Å². The summed E-state index contributed by atoms with van der Waals surface area (Å²) in [5.74, 6) is -0.678. The molecule has 0 aliphatic heterocycles. The molecule has 0 aliphatic rings. The number of aliphatic carboxylic acids is 1. The van der Waals surface area contributed by atoms with Gasteiger partial charge in [-0.2, -0.15) is 5.10 Å². The number of unbranched alkanes of at least 4 members (excludes halogenated alkanes) is 1. The molecule has 19 heavy (non-hydrogen) atoms. The number of carboxylic acids is 1. The lowest BCUT2D eigenvalue weighted by Crippen LogP contribution is -2.33. The van der Waals surface area contributed by atoms with Gasteiger partial charge in [0.1, 0.15) is 0 Å². The number of hydrogen-bond donors (Lipinski definition) is 1. The molecule has 0 amide bonds. The number of aromatic nitrogens is 2. The van der Waals surface area contributed by atoms with Crippen molar-refractivity contribution in [3.63, 3.8) is 0 Å². The normalized spacial score (nSPS) is 14.3. The number of carboxylic acid groups (broad SMARTS) is 1. The smallest absolute Gasteiger partial charge is 0.310 e. The molecular formula is C15H26N2O2. The van der Waals surface area contributed by atoms with Gasteiger partial charge in [-0.05, 0) is 25.3 Å². The average Bonchev–Trinajstić information content (AvgIpc) is 2.74. The summed E-state index contributed by atoms with van der Waals surface area (Å²) in [6.45, 7) is 6.13. The van der Waals surface area contributed by atoms with Gasteiger partial charge in [0.05, 0.1) is 11.1 Å². The summed E-state index contributed by atoms with van der Waals surface area (Å²) in [4.78, 5) is 11.7. The quantitative estimate of drug-likeness (QED) is 0.786. The van der Waals surface area contributed by atoms with Crippen LogP contribution >= 0.6 is 0 Å². The highest BCUT2D eigenvalue weighted by molar-refractivity contribution is 5.75. The van der Waals surface area contributed by atoms with Gasteiger partial charge in [-0.3, -0.25) is 9.48 Å². The Kier molecular flexibility index (Phi) is 5.58. The molecule has 4 heteroatoms. The highest BCUT2D eigenvalue weighted by Gasteiger charge is 2.37. The van der Waals surface area contributed by atoms with Gasteiger partial charge in [0.2, 0.25) is 0 Å². The van der Waals surface area contributed by atoms with E-state index in [1.807, 2.05) is 24.7 Å². The Balaban J connectivity index is 2.98. The van der Waals surface area contributed by atoms with Crippen molar-refractivity contribution in [3.8, 4) is 0 Å². The van der Waals surface area contributed by atoms with Crippen LogP contribution in [0.15, 0.2) is 6.07 Å². The molecule has 0 spiro atoms. The second-order valence-electron chi connectivity index (χ2n) is 5.32. The molecule has 0 bridgehead atoms. The predicted molar refractivity (Wildman–Crippen MR) is 76.2 cm³/mol. The first-order valence-electron chi connectivity index (χ1n) is 7.24. The Hall–Kier alpha value is -1.32. The van der Waals surface area contributed by atoms with Crippen molar-refractivity contribution in [2.24, 2.45) is 12.5 Å². The summed E-state index contributed by atoms with van der Waals surface area (Å²) < 4.78 is 1.83. The third-order valence-electron chi connectivity index (χ3n) is 4.05. The van der Waals surface area contributed by atoms with E-state index in [9.17, 15) is 9.90 Å². The molecule has 108 valence electrons. The van der Waals surface area contributed by atoms with Crippen LogP contribution in [0.4, 0.5) is 0 Å². The number of nitrogens with zero attached hydrogens (tertiary/aromatic N) is 2. The lowest BCUT2D eigenvalue weighted by Gasteiger charge is -2.28. The summed E-state index contributed by atoms with van der Waals surface area (Å²) in [5.41, 5.74) is 1.41. The van der Waals surface area contributed by atoms with E-state index in [0.717, 1.165) is 37.1 Å². The molecule has 4 nitrogen and oxygen atoms in total. The highest BCUT2D eigenvalue weighted by atomic mass is 16.4. The van der Waals surface area contributed by atoms with Gasteiger partial charge in [-0.15, -0.1) is 0 Å². The molecule has 1 rings (SSSR count). The molecule has 0 saturated carbocycles. The van der Waals surface area contributed by atoms with Crippen LogP contribution in [0, 0.1) is 5.41 Å². The van der Waals surface area contributed by atoms with Gasteiger partial charge in [0, 0.05) is 19.2 Å². The van der Waals surface area contributed by atoms with E-state index in [4.69, 9.17) is 0 Å². The topological polar surface area (TPSA) is 55.1 Å². The lowest BCUT2D eigenvalue weighted by molar-refractivity contribution is -0.149. The van der Waals surface area contributed by atoms with Crippen molar-refractivity contribution in [1.29, 1.82) is 0 Å². The molecule has 1 N–H and O–H groups in total. The van der Waals surface area contributed by atoms with Gasteiger partial charge in [-0.25, -0.2) is 0 Å². The third kappa shape index (κ3) is 3.58. The number of hydrogen-bond acceptors (Lipinski definition) is 2. The summed E-state index contributed by atoms with van der Waals surface area (Å²) in [6.07, 6.45) is 4.84. The molecule has 1 aromatic heterocycles. The third-order valence-corrected chi connectivity index (χ3v) is 4.05. The van der Waals surface area contributed by atoms with E-state index in [-0.39, 0.29) is 0 Å². The van der Waals surface area contributed by atoms with Crippen LogP contribution in [0.2, 0.25) is 0 Å². The molecule has 1 heterocycles. The Morgan fingerprint density at radius 2 is 2.11 bits per heavy atom. The zero-order valence-electron chi connectivity index (χ0n) is 12.6. The highest BCUT2D eigenvalue weighted by Crippen LogP contribution is 2.33. The SMILES string of the molecule is CCCCC(CC)(Cc1cc(CC)nn1C)C(=O)O. The molecule has 0 radical (unpaired) electrons. The van der Waals surface area contributed by atoms with Crippen LogP contribution in [0.5, 0.6) is 0 Å². The maximum Gasteiger partial charge on any atom is 0.310 e. The van der Waals surface area contributed by atoms with Gasteiger partial charge in [-0.1, -0.05) is 33.6 Å². The van der Waals surface area contributed by atoms with Crippen LogP contribution in [0.1, 0.15) is 57.8 Å². The number of carbonyl (C=O) groups is 1. The van der Waals surface area contributed by atoms with E-state index < -0.39 is 11.4 Å². The van der Waals surface area contributed by atoms with E-state index >= 15 is 0 Å². The summed E-state index contributed by atoms with van der Waals surface area (Å²) in [5, 5.41) is 14.0. The fraction of sp³-hybridized carbons (Fsp3) is 0.733. The van der Waals surface area contributed by atoms with Crippen molar-refractivity contribution in [3.05, 3.63) is 17.5 Å². The van der Waals surface area contributed by atoms with Crippen molar-refractivity contribution < 1.29 is 9.90 Å². The predicted octanol–water partition coefficient (Wildman–Crippen LogP) is 3.20. The summed E-state index contributed by atoms with van der Waals surface area (Å²) >= 11 is 0. The number of aryl methyl sites for hydroxylation is 2. The Morgan fingerprint density at radius 3 is 2.53 bits per heavy atom. The molecular weight excluding hydrogens is 240 g/mol. The minimum absolute atomic E-state index is 0.572. The first kappa shape index (κ1) is 15.7. The Bertz CT molecular complexity index is 426. The minimum Gasteiger partial charge on any atom is -0.481 e. The minimum atomic E-state index is -0.678. The zero-order chi connectivity index (χ0) is 14.5. The van der Waals surface area contributed by atoms with Crippen LogP contribution < -0.4 is 0 Å². The second kappa shape index (κ2) is 6.73. The zero-order valence-corrected chi connectivity index (χ0v) is 12.6. The first-order valence-corrected chi connectivity index (χ1v) is 7.24. The van der Waals surface area contributed by atoms with Crippen LogP contribution in [-0.4, -0.2) is 20.9 Å². The molecule has 1 atom stereocenters. The van der Waals surface area contributed by atoms with Gasteiger partial charge < -0.3 is 5.11 Å². The van der Waals surface area contributed by atoms with Crippen LogP contribution in [-0.2, 0) is 24.7 Å². The van der Waals surface area contributed by atoms with E-state index in [1.54, 1.807) is 0 Å². The van der Waals surface area contributed by atoms with Crippen molar-refractivity contribution in [2.45, 2.75) is 59.3 Å². The van der Waals surface area contributed by atoms with E-state index in [0.29, 0.717) is 12.8 Å². The summed E-state index contributed by atoms with van der Waals surface area (Å²) in [6, 6.07) is 2.04. The van der Waals surface area contributed by atoms with Crippen molar-refractivity contribution in [1.82, 2.24) is 9.78 Å². The summed E-state index contributed by atoms with van der Waals surface area (Å²) in [7, 11) is 1.90. The largest absolute Gasteiger partial charge is 0.481 e. The maximum absolute atomic E-state index is 11.7. The number of rotatable bonds is 8. The second-order valence-corrected chi connectivity index (χ2v) is 5.32. The van der Waals surface area contributed by atoms with E-state index in [2.05, 4.69) is 18.9 Å². The monoisotopic (exact) mass is 266 g/mol. The maximum atomic E-state index is 11.7. The Morgan fingerprint density at radius 1 is 1.42 bits per heavy atom. The van der Waals surface area contributed by atoms with Gasteiger partial charge >= 0.3 is 5.97 Å². The van der Waals surface area contributed by atoms with Crippen LogP contribution in [0.3, 0.4) is 0 Å². The molecule has 0 saturated heterocycles. The fourth-order valence-corrected chi connectivity index (χ4v) is 2.50. The van der Waals surface area contributed by atoms with Gasteiger partial charge in [0.15, 0.2) is 0 Å². The Labute approximate surface area is 115 Å². The van der Waals surface area contributed by atoms with E-state index in [1.165, 1.54) is 0 Å². The molecule has 0 fully saturated rings. The van der Waals surface area contributed by atoms with Crippen molar-refractivity contribution in [2.75, 3.05) is 0 Å². The standard InChI is InChI=1S/C15H26N2O2/c1-5-8-9-15(7-3,14(18)19)11-13-10-12(6-2)16-17(13)4/h10H,5-9,11H2,1-4H3,(H,18,19). The first-order chi connectivity index (χ1) is 8.99. The fourth-order valence-electron chi connectivity index (χ4n) is 2.50. The molecule has 0 aromatic carbocycles. The molecule has 1 aromatic rings.